The number of para-hydroxylation sites is 1. The molecule has 1 aromatic rings. The summed E-state index contributed by atoms with van der Waals surface area (Å²) in [6.07, 6.45) is 4.89. The molecular formula is C15H22N4O. The van der Waals surface area contributed by atoms with E-state index in [1.807, 2.05) is 6.07 Å². The number of carbonyl (C=O) groups is 1. The van der Waals surface area contributed by atoms with Crippen molar-refractivity contribution in [2.45, 2.75) is 37.8 Å². The Morgan fingerprint density at radius 1 is 1.25 bits per heavy atom. The molecule has 3 rings (SSSR count). The third-order valence-corrected chi connectivity index (χ3v) is 4.55. The topological polar surface area (TPSA) is 84.4 Å². The van der Waals surface area contributed by atoms with E-state index in [4.69, 9.17) is 11.5 Å². The monoisotopic (exact) mass is 274 g/mol. The largest absolute Gasteiger partial charge is 0.397 e. The third-order valence-electron chi connectivity index (χ3n) is 4.55. The molecule has 5 heteroatoms. The molecule has 0 bridgehead atoms. The first-order chi connectivity index (χ1) is 9.66. The average molecular weight is 274 g/mol. The van der Waals surface area contributed by atoms with E-state index >= 15 is 0 Å². The van der Waals surface area contributed by atoms with Gasteiger partial charge >= 0.3 is 0 Å². The van der Waals surface area contributed by atoms with Crippen LogP contribution in [0.3, 0.4) is 0 Å². The maximum Gasteiger partial charge on any atom is 0.250 e. The lowest BCUT2D eigenvalue weighted by molar-refractivity contribution is 0.100. The quantitative estimate of drug-likeness (QED) is 0.728. The molecule has 0 radical (unpaired) electrons. The van der Waals surface area contributed by atoms with Crippen LogP contribution in [0.4, 0.5) is 11.4 Å². The van der Waals surface area contributed by atoms with Gasteiger partial charge in [0.05, 0.1) is 16.9 Å². The Bertz CT molecular complexity index is 517. The van der Waals surface area contributed by atoms with Crippen molar-refractivity contribution in [2.24, 2.45) is 5.73 Å². The van der Waals surface area contributed by atoms with Crippen molar-refractivity contribution in [2.75, 3.05) is 24.1 Å². The maximum absolute atomic E-state index is 11.5. The van der Waals surface area contributed by atoms with Gasteiger partial charge in [0.25, 0.3) is 5.91 Å². The van der Waals surface area contributed by atoms with E-state index in [1.165, 1.54) is 25.8 Å². The second kappa shape index (κ2) is 5.32. The zero-order valence-electron chi connectivity index (χ0n) is 11.6. The molecule has 1 aromatic carbocycles. The molecule has 2 fully saturated rings. The molecule has 20 heavy (non-hydrogen) atoms. The van der Waals surface area contributed by atoms with Crippen molar-refractivity contribution in [3.8, 4) is 0 Å². The van der Waals surface area contributed by atoms with Crippen LogP contribution >= 0.6 is 0 Å². The van der Waals surface area contributed by atoms with Gasteiger partial charge in [-0.15, -0.1) is 0 Å². The number of nitrogens with zero attached hydrogens (tertiary/aromatic N) is 1. The number of primary amides is 1. The molecule has 2 unspecified atom stereocenters. The van der Waals surface area contributed by atoms with Crippen LogP contribution in [0.25, 0.3) is 0 Å². The van der Waals surface area contributed by atoms with Crippen LogP contribution < -0.4 is 16.8 Å². The Balaban J connectivity index is 1.83. The zero-order chi connectivity index (χ0) is 14.1. The van der Waals surface area contributed by atoms with Crippen LogP contribution in [0, 0.1) is 0 Å². The summed E-state index contributed by atoms with van der Waals surface area (Å²) in [5.41, 5.74) is 13.3. The fraction of sp³-hybridized carbons (Fsp3) is 0.533. The number of nitrogens with two attached hydrogens (primary N) is 2. The number of amides is 1. The molecule has 1 amide bonds. The highest BCUT2D eigenvalue weighted by atomic mass is 16.1. The Morgan fingerprint density at radius 2 is 2.10 bits per heavy atom. The third kappa shape index (κ3) is 2.33. The van der Waals surface area contributed by atoms with Gasteiger partial charge in [-0.3, -0.25) is 9.69 Å². The molecule has 0 saturated carbocycles. The first-order valence-electron chi connectivity index (χ1n) is 7.35. The Kier molecular flexibility index (Phi) is 3.53. The summed E-state index contributed by atoms with van der Waals surface area (Å²) in [6.45, 7) is 2.32. The molecule has 2 atom stereocenters. The van der Waals surface area contributed by atoms with E-state index < -0.39 is 5.91 Å². The number of fused-ring (bicyclic) bond motifs is 1. The SMILES string of the molecule is NC(=O)c1cccc(N)c1NC1CCN2CCCCC12. The summed E-state index contributed by atoms with van der Waals surface area (Å²) in [5, 5.41) is 3.49. The standard InChI is InChI=1S/C15H22N4O/c16-11-5-3-4-10(15(17)20)14(11)18-12-7-9-19-8-2-1-6-13(12)19/h3-5,12-13,18H,1-2,6-9,16H2,(H2,17,20). The van der Waals surface area contributed by atoms with Gasteiger partial charge in [-0.05, 0) is 37.9 Å². The van der Waals surface area contributed by atoms with E-state index in [9.17, 15) is 4.79 Å². The number of hydrogen-bond acceptors (Lipinski definition) is 4. The lowest BCUT2D eigenvalue weighted by atomic mass is 9.98. The van der Waals surface area contributed by atoms with Gasteiger partial charge < -0.3 is 16.8 Å². The van der Waals surface area contributed by atoms with E-state index in [-0.39, 0.29) is 0 Å². The Labute approximate surface area is 119 Å². The fourth-order valence-electron chi connectivity index (χ4n) is 3.54. The van der Waals surface area contributed by atoms with Gasteiger partial charge in [0, 0.05) is 18.6 Å². The number of nitrogen functional groups attached to an aromatic ring is 1. The smallest absolute Gasteiger partial charge is 0.250 e. The summed E-state index contributed by atoms with van der Waals surface area (Å²) in [5.74, 6) is -0.432. The van der Waals surface area contributed by atoms with Crippen molar-refractivity contribution in [1.29, 1.82) is 0 Å². The van der Waals surface area contributed by atoms with Gasteiger partial charge in [-0.1, -0.05) is 12.5 Å². The van der Waals surface area contributed by atoms with E-state index in [2.05, 4.69) is 10.2 Å². The van der Waals surface area contributed by atoms with Crippen molar-refractivity contribution in [3.05, 3.63) is 23.8 Å². The molecule has 108 valence electrons. The number of piperidine rings is 1. The fourth-order valence-corrected chi connectivity index (χ4v) is 3.54. The van der Waals surface area contributed by atoms with Crippen LogP contribution in [-0.2, 0) is 0 Å². The number of carbonyl (C=O) groups excluding carboxylic acids is 1. The van der Waals surface area contributed by atoms with Gasteiger partial charge in [0.2, 0.25) is 0 Å². The molecule has 2 saturated heterocycles. The molecule has 0 aliphatic carbocycles. The number of benzene rings is 1. The van der Waals surface area contributed by atoms with E-state index in [1.54, 1.807) is 12.1 Å². The summed E-state index contributed by atoms with van der Waals surface area (Å²) < 4.78 is 0. The first kappa shape index (κ1) is 13.2. The number of anilines is 2. The molecular weight excluding hydrogens is 252 g/mol. The molecule has 0 spiro atoms. The zero-order valence-corrected chi connectivity index (χ0v) is 11.6. The van der Waals surface area contributed by atoms with Crippen LogP contribution in [0.5, 0.6) is 0 Å². The first-order valence-corrected chi connectivity index (χ1v) is 7.35. The van der Waals surface area contributed by atoms with Crippen LogP contribution in [0.2, 0.25) is 0 Å². The molecule has 0 aromatic heterocycles. The highest BCUT2D eigenvalue weighted by Crippen LogP contribution is 2.32. The minimum atomic E-state index is -0.432. The summed E-state index contributed by atoms with van der Waals surface area (Å²) in [4.78, 5) is 14.1. The molecule has 2 heterocycles. The molecule has 2 aliphatic rings. The van der Waals surface area contributed by atoms with Crippen molar-refractivity contribution >= 4 is 17.3 Å². The normalized spacial score (nSPS) is 26.2. The maximum atomic E-state index is 11.5. The van der Waals surface area contributed by atoms with Crippen LogP contribution in [-0.4, -0.2) is 36.0 Å². The van der Waals surface area contributed by atoms with Crippen molar-refractivity contribution < 1.29 is 4.79 Å². The molecule has 5 nitrogen and oxygen atoms in total. The molecule has 2 aliphatic heterocycles. The highest BCUT2D eigenvalue weighted by molar-refractivity contribution is 6.01. The number of rotatable bonds is 3. The van der Waals surface area contributed by atoms with Crippen LogP contribution in [0.1, 0.15) is 36.0 Å². The second-order valence-corrected chi connectivity index (χ2v) is 5.77. The van der Waals surface area contributed by atoms with Gasteiger partial charge in [-0.2, -0.15) is 0 Å². The number of hydrogen-bond donors (Lipinski definition) is 3. The summed E-state index contributed by atoms with van der Waals surface area (Å²) in [6, 6.07) is 6.22. The lowest BCUT2D eigenvalue weighted by Crippen LogP contribution is -2.42. The van der Waals surface area contributed by atoms with Crippen molar-refractivity contribution in [1.82, 2.24) is 4.90 Å². The van der Waals surface area contributed by atoms with E-state index in [0.717, 1.165) is 13.0 Å². The summed E-state index contributed by atoms with van der Waals surface area (Å²) >= 11 is 0. The minimum absolute atomic E-state index is 0.359. The average Bonchev–Trinajstić information content (AvgIpc) is 2.84. The van der Waals surface area contributed by atoms with Gasteiger partial charge in [0.1, 0.15) is 0 Å². The highest BCUT2D eigenvalue weighted by Gasteiger charge is 2.35. The van der Waals surface area contributed by atoms with E-state index in [0.29, 0.717) is 29.0 Å². The Morgan fingerprint density at radius 3 is 2.90 bits per heavy atom. The minimum Gasteiger partial charge on any atom is -0.397 e. The predicted octanol–water partition coefficient (Wildman–Crippen LogP) is 1.41. The number of nitrogens with one attached hydrogen (secondary N) is 1. The lowest BCUT2D eigenvalue weighted by Gasteiger charge is -2.33. The summed E-state index contributed by atoms with van der Waals surface area (Å²) in [7, 11) is 0. The second-order valence-electron chi connectivity index (χ2n) is 5.77. The van der Waals surface area contributed by atoms with Crippen molar-refractivity contribution in [3.63, 3.8) is 0 Å². The predicted molar refractivity (Wildman–Crippen MR) is 80.6 cm³/mol. The Hall–Kier alpha value is -1.75. The molecule has 5 N–H and O–H groups in total. The van der Waals surface area contributed by atoms with Crippen LogP contribution in [0.15, 0.2) is 18.2 Å². The van der Waals surface area contributed by atoms with Gasteiger partial charge in [-0.25, -0.2) is 0 Å². The van der Waals surface area contributed by atoms with Gasteiger partial charge in [0.15, 0.2) is 0 Å².